The molecule has 2 nitrogen and oxygen atoms in total. The maximum atomic E-state index is 9.46. The highest BCUT2D eigenvalue weighted by molar-refractivity contribution is 5.34. The van der Waals surface area contributed by atoms with E-state index in [0.717, 1.165) is 12.0 Å². The van der Waals surface area contributed by atoms with E-state index >= 15 is 0 Å². The molecule has 0 spiro atoms. The molecule has 3 aromatic carbocycles. The van der Waals surface area contributed by atoms with Crippen molar-refractivity contribution in [3.05, 3.63) is 95.1 Å². The van der Waals surface area contributed by atoms with Gasteiger partial charge in [0.05, 0.1) is 0 Å². The van der Waals surface area contributed by atoms with Gasteiger partial charge in [0.2, 0.25) is 0 Å². The molecule has 0 atom stereocenters. The van der Waals surface area contributed by atoms with E-state index in [1.807, 2.05) is 31.2 Å². The maximum Gasteiger partial charge on any atom is 0.115 e. The normalized spacial score (nSPS) is 13.0. The molecule has 0 radical (unpaired) electrons. The predicted octanol–water partition coefficient (Wildman–Crippen LogP) is 5.05. The van der Waals surface area contributed by atoms with Gasteiger partial charge < -0.3 is 10.2 Å². The largest absolute Gasteiger partial charge is 0.508 e. The highest BCUT2D eigenvalue weighted by atomic mass is 16.3. The molecule has 0 bridgehead atoms. The summed E-state index contributed by atoms with van der Waals surface area (Å²) in [6.45, 7) is 1.94. The van der Waals surface area contributed by atoms with Crippen LogP contribution in [0.3, 0.4) is 0 Å². The molecular formula is C23H24O2. The lowest BCUT2D eigenvalue weighted by atomic mass is 9.96. The molecule has 0 heterocycles. The smallest absolute Gasteiger partial charge is 0.115 e. The Morgan fingerprint density at radius 3 is 1.88 bits per heavy atom. The third-order valence-electron chi connectivity index (χ3n) is 4.57. The molecule has 0 amide bonds. The lowest BCUT2D eigenvalue weighted by molar-refractivity contribution is 0.473. The van der Waals surface area contributed by atoms with Crippen LogP contribution in [-0.2, 0) is 19.3 Å². The number of phenolic OH excluding ortho intramolecular Hbond substituents is 2. The SMILES string of the molecule is Cc1cccc(O)c1.Oc1cccc(CC2Cc3ccccc3C2)c1. The summed E-state index contributed by atoms with van der Waals surface area (Å²) < 4.78 is 0. The Kier molecular flexibility index (Phi) is 5.39. The highest BCUT2D eigenvalue weighted by Crippen LogP contribution is 2.29. The fraction of sp³-hybridized carbons (Fsp3) is 0.217. The number of hydrogen-bond donors (Lipinski definition) is 2. The number of fused-ring (bicyclic) bond motifs is 1. The fourth-order valence-corrected chi connectivity index (χ4v) is 3.44. The molecule has 1 aliphatic carbocycles. The van der Waals surface area contributed by atoms with Gasteiger partial charge >= 0.3 is 0 Å². The Morgan fingerprint density at radius 2 is 1.36 bits per heavy atom. The predicted molar refractivity (Wildman–Crippen MR) is 102 cm³/mol. The van der Waals surface area contributed by atoms with E-state index in [-0.39, 0.29) is 0 Å². The van der Waals surface area contributed by atoms with Crippen molar-refractivity contribution in [3.63, 3.8) is 0 Å². The fourth-order valence-electron chi connectivity index (χ4n) is 3.44. The quantitative estimate of drug-likeness (QED) is 0.689. The Balaban J connectivity index is 0.000000192. The van der Waals surface area contributed by atoms with Crippen LogP contribution in [0.4, 0.5) is 0 Å². The number of aromatic hydroxyl groups is 2. The Morgan fingerprint density at radius 1 is 0.760 bits per heavy atom. The van der Waals surface area contributed by atoms with Crippen LogP contribution < -0.4 is 0 Å². The molecule has 0 unspecified atom stereocenters. The molecule has 128 valence electrons. The minimum absolute atomic E-state index is 0.338. The second kappa shape index (κ2) is 7.89. The van der Waals surface area contributed by atoms with E-state index in [1.165, 1.54) is 29.5 Å². The van der Waals surface area contributed by atoms with Crippen molar-refractivity contribution in [2.75, 3.05) is 0 Å². The third kappa shape index (κ3) is 4.87. The summed E-state index contributed by atoms with van der Waals surface area (Å²) in [5.74, 6) is 1.40. The average molecular weight is 332 g/mol. The molecule has 25 heavy (non-hydrogen) atoms. The number of phenols is 2. The summed E-state index contributed by atoms with van der Waals surface area (Å²) in [6, 6.07) is 23.5. The van der Waals surface area contributed by atoms with Gasteiger partial charge in [0.1, 0.15) is 11.5 Å². The maximum absolute atomic E-state index is 9.46. The monoisotopic (exact) mass is 332 g/mol. The first-order valence-electron chi connectivity index (χ1n) is 8.70. The van der Waals surface area contributed by atoms with Crippen molar-refractivity contribution < 1.29 is 10.2 Å². The zero-order chi connectivity index (χ0) is 17.6. The van der Waals surface area contributed by atoms with E-state index < -0.39 is 0 Å². The van der Waals surface area contributed by atoms with Crippen LogP contribution in [0.2, 0.25) is 0 Å². The van der Waals surface area contributed by atoms with Gasteiger partial charge in [0.25, 0.3) is 0 Å². The van der Waals surface area contributed by atoms with Crippen molar-refractivity contribution in [1.82, 2.24) is 0 Å². The van der Waals surface area contributed by atoms with E-state index in [4.69, 9.17) is 5.11 Å². The summed E-state index contributed by atoms with van der Waals surface area (Å²) >= 11 is 0. The summed E-state index contributed by atoms with van der Waals surface area (Å²) in [7, 11) is 0. The minimum atomic E-state index is 0.338. The van der Waals surface area contributed by atoms with Crippen LogP contribution in [-0.4, -0.2) is 10.2 Å². The van der Waals surface area contributed by atoms with Gasteiger partial charge in [-0.05, 0) is 78.6 Å². The van der Waals surface area contributed by atoms with Gasteiger partial charge in [-0.25, -0.2) is 0 Å². The molecule has 0 aliphatic heterocycles. The lowest BCUT2D eigenvalue weighted by Gasteiger charge is -2.09. The highest BCUT2D eigenvalue weighted by Gasteiger charge is 2.20. The van der Waals surface area contributed by atoms with Crippen molar-refractivity contribution >= 4 is 0 Å². The molecule has 0 fully saturated rings. The summed E-state index contributed by atoms with van der Waals surface area (Å²) in [5, 5.41) is 18.3. The first-order chi connectivity index (χ1) is 12.1. The Bertz CT molecular complexity index is 797. The van der Waals surface area contributed by atoms with Crippen LogP contribution in [0.1, 0.15) is 22.3 Å². The molecule has 1 aliphatic rings. The van der Waals surface area contributed by atoms with Crippen LogP contribution in [0.25, 0.3) is 0 Å². The van der Waals surface area contributed by atoms with E-state index in [2.05, 4.69) is 30.3 Å². The number of benzene rings is 3. The lowest BCUT2D eigenvalue weighted by Crippen LogP contribution is -2.03. The first-order valence-corrected chi connectivity index (χ1v) is 8.70. The van der Waals surface area contributed by atoms with E-state index in [9.17, 15) is 5.11 Å². The molecule has 0 aromatic heterocycles. The first kappa shape index (κ1) is 17.1. The van der Waals surface area contributed by atoms with Gasteiger partial charge in [-0.15, -0.1) is 0 Å². The second-order valence-corrected chi connectivity index (χ2v) is 6.76. The number of rotatable bonds is 2. The van der Waals surface area contributed by atoms with Gasteiger partial charge in [-0.2, -0.15) is 0 Å². The summed E-state index contributed by atoms with van der Waals surface area (Å²) in [5.41, 5.74) is 5.32. The van der Waals surface area contributed by atoms with Gasteiger partial charge in [-0.1, -0.05) is 48.5 Å². The van der Waals surface area contributed by atoms with Crippen LogP contribution in [0.15, 0.2) is 72.8 Å². The van der Waals surface area contributed by atoms with E-state index in [1.54, 1.807) is 18.2 Å². The minimum Gasteiger partial charge on any atom is -0.508 e. The molecule has 3 aromatic rings. The van der Waals surface area contributed by atoms with Gasteiger partial charge in [0, 0.05) is 0 Å². The van der Waals surface area contributed by atoms with Gasteiger partial charge in [0.15, 0.2) is 0 Å². The number of aryl methyl sites for hydroxylation is 1. The zero-order valence-corrected chi connectivity index (χ0v) is 14.5. The van der Waals surface area contributed by atoms with Crippen molar-refractivity contribution in [2.45, 2.75) is 26.2 Å². The van der Waals surface area contributed by atoms with Crippen molar-refractivity contribution in [1.29, 1.82) is 0 Å². The Hall–Kier alpha value is -2.74. The zero-order valence-electron chi connectivity index (χ0n) is 14.5. The Labute approximate surface area is 149 Å². The van der Waals surface area contributed by atoms with Crippen LogP contribution in [0, 0.1) is 12.8 Å². The van der Waals surface area contributed by atoms with Crippen molar-refractivity contribution in [3.8, 4) is 11.5 Å². The second-order valence-electron chi connectivity index (χ2n) is 6.76. The molecule has 2 N–H and O–H groups in total. The average Bonchev–Trinajstić information content (AvgIpc) is 2.97. The van der Waals surface area contributed by atoms with Gasteiger partial charge in [-0.3, -0.25) is 0 Å². The summed E-state index contributed by atoms with van der Waals surface area (Å²) in [6.07, 6.45) is 3.40. The van der Waals surface area contributed by atoms with Crippen LogP contribution >= 0.6 is 0 Å². The number of hydrogen-bond acceptors (Lipinski definition) is 2. The molecular weight excluding hydrogens is 308 g/mol. The topological polar surface area (TPSA) is 40.5 Å². The van der Waals surface area contributed by atoms with Crippen LogP contribution in [0.5, 0.6) is 11.5 Å². The molecule has 0 saturated heterocycles. The van der Waals surface area contributed by atoms with Crippen molar-refractivity contribution in [2.24, 2.45) is 5.92 Å². The third-order valence-corrected chi connectivity index (χ3v) is 4.57. The molecule has 0 saturated carbocycles. The molecule has 2 heteroatoms. The standard InChI is InChI=1S/C16H16O.C7H8O/c17-16-7-3-4-12(11-16)8-13-9-14-5-1-2-6-15(14)10-13;1-6-3-2-4-7(8)5-6/h1-7,11,13,17H,8-10H2;2-5,8H,1H3. The molecule has 4 rings (SSSR count). The van der Waals surface area contributed by atoms with E-state index in [0.29, 0.717) is 17.4 Å². The summed E-state index contributed by atoms with van der Waals surface area (Å²) in [4.78, 5) is 0.